The molecule has 8 nitrogen and oxygen atoms in total. The summed E-state index contributed by atoms with van der Waals surface area (Å²) in [5.74, 6) is 1.18. The first-order chi connectivity index (χ1) is 15.0. The minimum atomic E-state index is -0.695. The molecule has 0 spiro atoms. The highest BCUT2D eigenvalue weighted by Gasteiger charge is 2.33. The van der Waals surface area contributed by atoms with Crippen LogP contribution in [0, 0.1) is 11.3 Å². The van der Waals surface area contributed by atoms with E-state index in [2.05, 4.69) is 0 Å². The van der Waals surface area contributed by atoms with Gasteiger partial charge < -0.3 is 24.0 Å². The Kier molecular flexibility index (Phi) is 6.14. The molecule has 160 valence electrons. The molecule has 31 heavy (non-hydrogen) atoms. The number of para-hydroxylation sites is 2. The number of carbonyl (C=O) groups excluding carboxylic acids is 2. The number of halogens is 1. The van der Waals surface area contributed by atoms with Crippen LogP contribution >= 0.6 is 11.6 Å². The molecule has 0 bridgehead atoms. The van der Waals surface area contributed by atoms with Crippen molar-refractivity contribution in [3.8, 4) is 23.3 Å². The molecule has 9 heteroatoms. The molecule has 0 aliphatic carbocycles. The van der Waals surface area contributed by atoms with Gasteiger partial charge in [-0.15, -0.1) is 0 Å². The summed E-state index contributed by atoms with van der Waals surface area (Å²) in [6.45, 7) is 1.61. The van der Waals surface area contributed by atoms with Crippen LogP contribution in [0.4, 0.5) is 0 Å². The van der Waals surface area contributed by atoms with Crippen LogP contribution in [0.1, 0.15) is 5.56 Å². The van der Waals surface area contributed by atoms with Crippen molar-refractivity contribution in [2.75, 3.05) is 39.4 Å². The standard InChI is InChI=1S/C22H20ClN3O5/c23-16-11-15(12-24)5-6-17(16)30-14-21(27)25-7-9-26(10-8-25)22(28)20-13-29-18-3-1-2-4-19(18)31-20/h1-6,11,20H,7-10,13-14H2/t20-/m0/s1. The van der Waals surface area contributed by atoms with Gasteiger partial charge in [0.2, 0.25) is 6.10 Å². The third-order valence-electron chi connectivity index (χ3n) is 5.14. The van der Waals surface area contributed by atoms with Crippen molar-refractivity contribution in [1.82, 2.24) is 9.80 Å². The van der Waals surface area contributed by atoms with E-state index in [9.17, 15) is 9.59 Å². The molecular formula is C22H20ClN3O5. The average molecular weight is 442 g/mol. The zero-order chi connectivity index (χ0) is 21.8. The third-order valence-corrected chi connectivity index (χ3v) is 5.44. The summed E-state index contributed by atoms with van der Waals surface area (Å²) in [5, 5.41) is 9.15. The topological polar surface area (TPSA) is 92.1 Å². The monoisotopic (exact) mass is 441 g/mol. The quantitative estimate of drug-likeness (QED) is 0.721. The zero-order valence-corrected chi connectivity index (χ0v) is 17.4. The predicted octanol–water partition coefficient (Wildman–Crippen LogP) is 2.10. The van der Waals surface area contributed by atoms with Gasteiger partial charge in [-0.25, -0.2) is 0 Å². The maximum atomic E-state index is 12.8. The van der Waals surface area contributed by atoms with Crippen LogP contribution in [-0.2, 0) is 9.59 Å². The van der Waals surface area contributed by atoms with E-state index in [1.165, 1.54) is 6.07 Å². The summed E-state index contributed by atoms with van der Waals surface area (Å²) in [5.41, 5.74) is 0.417. The maximum Gasteiger partial charge on any atom is 0.267 e. The van der Waals surface area contributed by atoms with E-state index in [0.29, 0.717) is 49.0 Å². The number of nitriles is 1. The Morgan fingerprint density at radius 1 is 1.10 bits per heavy atom. The molecule has 1 atom stereocenters. The number of hydrogen-bond donors (Lipinski definition) is 0. The van der Waals surface area contributed by atoms with Crippen LogP contribution in [0.5, 0.6) is 17.2 Å². The Hall–Kier alpha value is -3.44. The lowest BCUT2D eigenvalue weighted by atomic mass is 10.2. The summed E-state index contributed by atoms with van der Waals surface area (Å²) < 4.78 is 16.9. The first-order valence-electron chi connectivity index (χ1n) is 9.82. The predicted molar refractivity (Wildman–Crippen MR) is 111 cm³/mol. The van der Waals surface area contributed by atoms with E-state index in [4.69, 9.17) is 31.1 Å². The van der Waals surface area contributed by atoms with Crippen molar-refractivity contribution in [1.29, 1.82) is 5.26 Å². The number of nitrogens with zero attached hydrogens (tertiary/aromatic N) is 3. The fourth-order valence-corrected chi connectivity index (χ4v) is 3.67. The number of carbonyl (C=O) groups is 2. The minimum absolute atomic E-state index is 0.151. The van der Waals surface area contributed by atoms with Gasteiger partial charge in [-0.1, -0.05) is 23.7 Å². The lowest BCUT2D eigenvalue weighted by Crippen LogP contribution is -2.55. The summed E-state index contributed by atoms with van der Waals surface area (Å²) in [7, 11) is 0. The summed E-state index contributed by atoms with van der Waals surface area (Å²) in [6.07, 6.45) is -0.695. The number of amides is 2. The van der Waals surface area contributed by atoms with Gasteiger partial charge in [0, 0.05) is 26.2 Å². The van der Waals surface area contributed by atoms with Crippen molar-refractivity contribution >= 4 is 23.4 Å². The highest BCUT2D eigenvalue weighted by Crippen LogP contribution is 2.31. The molecule has 2 amide bonds. The summed E-state index contributed by atoms with van der Waals surface area (Å²) >= 11 is 6.07. The molecule has 0 radical (unpaired) electrons. The lowest BCUT2D eigenvalue weighted by molar-refractivity contribution is -0.146. The van der Waals surface area contributed by atoms with Gasteiger partial charge in [0.15, 0.2) is 18.1 Å². The fourth-order valence-electron chi connectivity index (χ4n) is 3.44. The number of ether oxygens (including phenoxy) is 3. The van der Waals surface area contributed by atoms with Gasteiger partial charge in [0.25, 0.3) is 11.8 Å². The smallest absolute Gasteiger partial charge is 0.267 e. The van der Waals surface area contributed by atoms with Gasteiger partial charge >= 0.3 is 0 Å². The summed E-state index contributed by atoms with van der Waals surface area (Å²) in [4.78, 5) is 28.6. The third kappa shape index (κ3) is 4.67. The first-order valence-corrected chi connectivity index (χ1v) is 10.2. The van der Waals surface area contributed by atoms with Crippen molar-refractivity contribution in [2.45, 2.75) is 6.10 Å². The SMILES string of the molecule is N#Cc1ccc(OCC(=O)N2CCN(C(=O)[C@@H]3COc4ccccc4O3)CC2)c(Cl)c1. The van der Waals surface area contributed by atoms with Gasteiger partial charge in [-0.3, -0.25) is 9.59 Å². The van der Waals surface area contributed by atoms with Gasteiger partial charge in [0.05, 0.1) is 16.7 Å². The van der Waals surface area contributed by atoms with Gasteiger partial charge in [-0.2, -0.15) is 5.26 Å². The normalized spacial score (nSPS) is 17.6. The van der Waals surface area contributed by atoms with E-state index in [1.54, 1.807) is 34.1 Å². The molecule has 4 rings (SSSR count). The average Bonchev–Trinajstić information content (AvgIpc) is 2.82. The van der Waals surface area contributed by atoms with E-state index >= 15 is 0 Å². The highest BCUT2D eigenvalue weighted by molar-refractivity contribution is 6.32. The number of hydrogen-bond acceptors (Lipinski definition) is 6. The number of piperazine rings is 1. The molecule has 2 heterocycles. The number of rotatable bonds is 4. The molecule has 0 N–H and O–H groups in total. The van der Waals surface area contributed by atoms with Crippen LogP contribution in [0.25, 0.3) is 0 Å². The molecular weight excluding hydrogens is 422 g/mol. The Morgan fingerprint density at radius 2 is 1.81 bits per heavy atom. The molecule has 1 saturated heterocycles. The van der Waals surface area contributed by atoms with E-state index < -0.39 is 6.10 Å². The van der Waals surface area contributed by atoms with Gasteiger partial charge in [-0.05, 0) is 30.3 Å². The summed E-state index contributed by atoms with van der Waals surface area (Å²) in [6, 6.07) is 13.9. The fraction of sp³-hybridized carbons (Fsp3) is 0.318. The molecule has 2 aliphatic heterocycles. The Morgan fingerprint density at radius 3 is 2.52 bits per heavy atom. The molecule has 2 aromatic rings. The highest BCUT2D eigenvalue weighted by atomic mass is 35.5. The van der Waals surface area contributed by atoms with Crippen molar-refractivity contribution < 1.29 is 23.8 Å². The second-order valence-electron chi connectivity index (χ2n) is 7.12. The van der Waals surface area contributed by atoms with Crippen LogP contribution < -0.4 is 14.2 Å². The lowest BCUT2D eigenvalue weighted by Gasteiger charge is -2.37. The minimum Gasteiger partial charge on any atom is -0.485 e. The van der Waals surface area contributed by atoms with Crippen LogP contribution in [0.2, 0.25) is 5.02 Å². The maximum absolute atomic E-state index is 12.8. The van der Waals surface area contributed by atoms with Crippen LogP contribution in [0.3, 0.4) is 0 Å². The second-order valence-corrected chi connectivity index (χ2v) is 7.52. The Balaban J connectivity index is 1.26. The van der Waals surface area contributed by atoms with Crippen molar-refractivity contribution in [3.05, 3.63) is 53.1 Å². The molecule has 1 fully saturated rings. The van der Waals surface area contributed by atoms with Crippen LogP contribution in [-0.4, -0.2) is 67.1 Å². The molecule has 0 saturated carbocycles. The van der Waals surface area contributed by atoms with Crippen LogP contribution in [0.15, 0.2) is 42.5 Å². The molecule has 0 aromatic heterocycles. The Labute approximate surface area is 184 Å². The largest absolute Gasteiger partial charge is 0.485 e. The van der Waals surface area contributed by atoms with E-state index in [1.807, 2.05) is 18.2 Å². The number of fused-ring (bicyclic) bond motifs is 1. The zero-order valence-electron chi connectivity index (χ0n) is 16.6. The molecule has 2 aliphatic rings. The van der Waals surface area contributed by atoms with Crippen molar-refractivity contribution in [3.63, 3.8) is 0 Å². The molecule has 2 aromatic carbocycles. The molecule has 0 unspecified atom stereocenters. The first kappa shape index (κ1) is 20.8. The Bertz CT molecular complexity index is 1030. The van der Waals surface area contributed by atoms with Gasteiger partial charge in [0.1, 0.15) is 12.4 Å². The number of benzene rings is 2. The van der Waals surface area contributed by atoms with Crippen molar-refractivity contribution in [2.24, 2.45) is 0 Å². The van der Waals surface area contributed by atoms with E-state index in [-0.39, 0.29) is 30.1 Å². The van der Waals surface area contributed by atoms with E-state index in [0.717, 1.165) is 0 Å². The second kappa shape index (κ2) is 9.14.